The van der Waals surface area contributed by atoms with Crippen molar-refractivity contribution in [1.82, 2.24) is 20.1 Å². The van der Waals surface area contributed by atoms with E-state index in [1.54, 1.807) is 43.2 Å². The van der Waals surface area contributed by atoms with E-state index in [9.17, 15) is 9.18 Å². The topological polar surface area (TPSA) is 69.0 Å². The summed E-state index contributed by atoms with van der Waals surface area (Å²) in [5, 5.41) is 7.88. The highest BCUT2D eigenvalue weighted by Gasteiger charge is 2.16. The lowest BCUT2D eigenvalue weighted by Gasteiger charge is -2.10. The first-order valence-corrected chi connectivity index (χ1v) is 9.55. The molecule has 0 unspecified atom stereocenters. The Morgan fingerprint density at radius 2 is 1.97 bits per heavy atom. The van der Waals surface area contributed by atoms with Gasteiger partial charge in [-0.25, -0.2) is 9.37 Å². The van der Waals surface area contributed by atoms with Gasteiger partial charge in [-0.15, -0.1) is 0 Å². The smallest absolute Gasteiger partial charge is 0.252 e. The van der Waals surface area contributed by atoms with Crippen molar-refractivity contribution in [3.05, 3.63) is 77.7 Å². The normalized spacial score (nSPS) is 10.9. The fourth-order valence-electron chi connectivity index (χ4n) is 3.30. The predicted octanol–water partition coefficient (Wildman–Crippen LogP) is 3.76. The van der Waals surface area contributed by atoms with Gasteiger partial charge in [-0.3, -0.25) is 9.48 Å². The van der Waals surface area contributed by atoms with E-state index >= 15 is 0 Å². The minimum Gasteiger partial charge on any atom is -0.497 e. The number of pyridine rings is 1. The lowest BCUT2D eigenvalue weighted by Crippen LogP contribution is -2.26. The van der Waals surface area contributed by atoms with Crippen LogP contribution in [0.2, 0.25) is 0 Å². The third-order valence-corrected chi connectivity index (χ3v) is 4.93. The molecule has 0 aliphatic rings. The summed E-state index contributed by atoms with van der Waals surface area (Å²) in [5.74, 6) is 0.231. The number of methoxy groups -OCH3 is 1. The lowest BCUT2D eigenvalue weighted by molar-refractivity contribution is 0.0955. The van der Waals surface area contributed by atoms with Crippen LogP contribution in [0.4, 0.5) is 4.39 Å². The van der Waals surface area contributed by atoms with Crippen LogP contribution in [0.5, 0.6) is 5.75 Å². The SMILES string of the molecule is COc1cccc(-c2cc(C(=O)NCCc3ccc(F)cc3)c3cnn(C)c3n2)c1. The average Bonchev–Trinajstić information content (AvgIpc) is 3.15. The quantitative estimate of drug-likeness (QED) is 0.531. The highest BCUT2D eigenvalue weighted by molar-refractivity contribution is 6.06. The standard InChI is InChI=1S/C23H21FN4O2/c1-28-22-20(14-26-28)19(13-21(27-22)16-4-3-5-18(12-16)30-2)23(29)25-11-10-15-6-8-17(24)9-7-15/h3-9,12-14H,10-11H2,1-2H3,(H,25,29). The van der Waals surface area contributed by atoms with Crippen LogP contribution in [0.25, 0.3) is 22.3 Å². The van der Waals surface area contributed by atoms with Gasteiger partial charge < -0.3 is 10.1 Å². The Morgan fingerprint density at radius 3 is 2.73 bits per heavy atom. The summed E-state index contributed by atoms with van der Waals surface area (Å²) in [5.41, 5.74) is 3.59. The molecular weight excluding hydrogens is 383 g/mol. The summed E-state index contributed by atoms with van der Waals surface area (Å²) in [7, 11) is 3.40. The van der Waals surface area contributed by atoms with Crippen LogP contribution >= 0.6 is 0 Å². The average molecular weight is 404 g/mol. The van der Waals surface area contributed by atoms with Crippen molar-refractivity contribution in [2.45, 2.75) is 6.42 Å². The van der Waals surface area contributed by atoms with Gasteiger partial charge in [0.05, 0.1) is 30.0 Å². The number of carbonyl (C=O) groups is 1. The molecule has 2 heterocycles. The summed E-state index contributed by atoms with van der Waals surface area (Å²) in [6.45, 7) is 0.434. The van der Waals surface area contributed by atoms with Crippen molar-refractivity contribution in [2.24, 2.45) is 7.05 Å². The zero-order chi connectivity index (χ0) is 21.1. The van der Waals surface area contributed by atoms with E-state index in [1.165, 1.54) is 12.1 Å². The molecule has 2 aromatic heterocycles. The Labute approximate surface area is 173 Å². The highest BCUT2D eigenvalue weighted by Crippen LogP contribution is 2.27. The maximum absolute atomic E-state index is 13.0. The summed E-state index contributed by atoms with van der Waals surface area (Å²) in [6, 6.07) is 15.6. The number of hydrogen-bond donors (Lipinski definition) is 1. The first-order valence-electron chi connectivity index (χ1n) is 9.55. The molecule has 30 heavy (non-hydrogen) atoms. The molecule has 2 aromatic carbocycles. The Balaban J connectivity index is 1.62. The van der Waals surface area contributed by atoms with Crippen molar-refractivity contribution in [1.29, 1.82) is 0 Å². The number of aryl methyl sites for hydroxylation is 1. The molecular formula is C23H21FN4O2. The molecule has 7 heteroatoms. The van der Waals surface area contributed by atoms with Gasteiger partial charge in [0.25, 0.3) is 5.91 Å². The summed E-state index contributed by atoms with van der Waals surface area (Å²) in [4.78, 5) is 17.6. The molecule has 0 bridgehead atoms. The second-order valence-corrected chi connectivity index (χ2v) is 6.92. The maximum Gasteiger partial charge on any atom is 0.252 e. The van der Waals surface area contributed by atoms with Crippen LogP contribution in [0.15, 0.2) is 60.8 Å². The number of benzene rings is 2. The number of nitrogens with zero attached hydrogens (tertiary/aromatic N) is 3. The second-order valence-electron chi connectivity index (χ2n) is 6.92. The van der Waals surface area contributed by atoms with E-state index < -0.39 is 0 Å². The molecule has 4 aromatic rings. The van der Waals surface area contributed by atoms with E-state index in [2.05, 4.69) is 15.4 Å². The molecule has 1 amide bonds. The maximum atomic E-state index is 13.0. The zero-order valence-electron chi connectivity index (χ0n) is 16.7. The molecule has 6 nitrogen and oxygen atoms in total. The lowest BCUT2D eigenvalue weighted by atomic mass is 10.1. The van der Waals surface area contributed by atoms with E-state index in [4.69, 9.17) is 4.74 Å². The van der Waals surface area contributed by atoms with Crippen LogP contribution < -0.4 is 10.1 Å². The molecule has 0 fully saturated rings. The van der Waals surface area contributed by atoms with Gasteiger partial charge in [-0.05, 0) is 42.3 Å². The van der Waals surface area contributed by atoms with Crippen molar-refractivity contribution >= 4 is 16.9 Å². The number of carbonyl (C=O) groups excluding carboxylic acids is 1. The van der Waals surface area contributed by atoms with Crippen molar-refractivity contribution in [3.63, 3.8) is 0 Å². The van der Waals surface area contributed by atoms with Crippen LogP contribution in [0.1, 0.15) is 15.9 Å². The number of ether oxygens (including phenoxy) is 1. The van der Waals surface area contributed by atoms with Gasteiger partial charge in [0, 0.05) is 19.2 Å². The minimum absolute atomic E-state index is 0.207. The van der Waals surface area contributed by atoms with Gasteiger partial charge in [0.1, 0.15) is 11.6 Å². The molecule has 0 aliphatic heterocycles. The summed E-state index contributed by atoms with van der Waals surface area (Å²) >= 11 is 0. The Kier molecular flexibility index (Phi) is 5.43. The largest absolute Gasteiger partial charge is 0.497 e. The fraction of sp³-hybridized carbons (Fsp3) is 0.174. The first-order chi connectivity index (χ1) is 14.5. The molecule has 0 radical (unpaired) electrons. The third kappa shape index (κ3) is 4.00. The number of rotatable bonds is 6. The van der Waals surface area contributed by atoms with Crippen molar-refractivity contribution in [3.8, 4) is 17.0 Å². The van der Waals surface area contributed by atoms with Gasteiger partial charge in [-0.2, -0.15) is 5.10 Å². The van der Waals surface area contributed by atoms with Crippen LogP contribution in [-0.2, 0) is 13.5 Å². The Bertz CT molecular complexity index is 1200. The van der Waals surface area contributed by atoms with Gasteiger partial charge in [-0.1, -0.05) is 24.3 Å². The molecule has 0 spiro atoms. The predicted molar refractivity (Wildman–Crippen MR) is 113 cm³/mol. The molecule has 0 aliphatic carbocycles. The molecule has 0 saturated heterocycles. The summed E-state index contributed by atoms with van der Waals surface area (Å²) in [6.07, 6.45) is 2.25. The number of amides is 1. The molecule has 1 N–H and O–H groups in total. The molecule has 0 saturated carbocycles. The van der Waals surface area contributed by atoms with E-state index in [0.717, 1.165) is 11.1 Å². The van der Waals surface area contributed by atoms with Crippen molar-refractivity contribution < 1.29 is 13.9 Å². The first kappa shape index (κ1) is 19.6. The number of hydrogen-bond acceptors (Lipinski definition) is 4. The highest BCUT2D eigenvalue weighted by atomic mass is 19.1. The van der Waals surface area contributed by atoms with E-state index in [1.807, 2.05) is 24.3 Å². The third-order valence-electron chi connectivity index (χ3n) is 4.93. The van der Waals surface area contributed by atoms with E-state index in [-0.39, 0.29) is 11.7 Å². The number of fused-ring (bicyclic) bond motifs is 1. The fourth-order valence-corrected chi connectivity index (χ4v) is 3.30. The van der Waals surface area contributed by atoms with Gasteiger partial charge in [0.15, 0.2) is 5.65 Å². The Hall–Kier alpha value is -3.74. The van der Waals surface area contributed by atoms with Crippen LogP contribution in [0, 0.1) is 5.82 Å². The number of aromatic nitrogens is 3. The second kappa shape index (κ2) is 8.32. The number of halogens is 1. The van der Waals surface area contributed by atoms with E-state index in [0.29, 0.717) is 41.0 Å². The summed E-state index contributed by atoms with van der Waals surface area (Å²) < 4.78 is 20.0. The minimum atomic E-state index is -0.274. The molecule has 152 valence electrons. The van der Waals surface area contributed by atoms with Crippen LogP contribution in [0.3, 0.4) is 0 Å². The van der Waals surface area contributed by atoms with Crippen LogP contribution in [-0.4, -0.2) is 34.3 Å². The van der Waals surface area contributed by atoms with Crippen molar-refractivity contribution in [2.75, 3.05) is 13.7 Å². The molecule has 4 rings (SSSR count). The zero-order valence-corrected chi connectivity index (χ0v) is 16.7. The number of nitrogens with one attached hydrogen (secondary N) is 1. The van der Waals surface area contributed by atoms with Gasteiger partial charge in [0.2, 0.25) is 0 Å². The monoisotopic (exact) mass is 404 g/mol. The Morgan fingerprint density at radius 1 is 1.17 bits per heavy atom. The van der Waals surface area contributed by atoms with Gasteiger partial charge >= 0.3 is 0 Å². The molecule has 0 atom stereocenters.